The fourth-order valence-electron chi connectivity index (χ4n) is 1.45. The highest BCUT2D eigenvalue weighted by molar-refractivity contribution is 5.96. The number of halogens is 3. The van der Waals surface area contributed by atoms with Gasteiger partial charge in [0.1, 0.15) is 0 Å². The van der Waals surface area contributed by atoms with Crippen LogP contribution in [0.1, 0.15) is 10.4 Å². The molecule has 0 spiro atoms. The average molecular weight is 256 g/mol. The first kappa shape index (κ1) is 12.2. The Bertz CT molecular complexity index is 617. The molecule has 0 radical (unpaired) electrons. The number of nitrogens with zero attached hydrogens (tertiary/aromatic N) is 1. The number of hydrogen-bond acceptors (Lipinski definition) is 3. The molecule has 4 nitrogen and oxygen atoms in total. The number of fused-ring (bicyclic) bond motifs is 1. The molecule has 7 heteroatoms. The molecule has 0 atom stereocenters. The van der Waals surface area contributed by atoms with Gasteiger partial charge in [-0.1, -0.05) is 0 Å². The first-order valence-corrected chi connectivity index (χ1v) is 4.81. The van der Waals surface area contributed by atoms with E-state index < -0.39 is 24.1 Å². The highest BCUT2D eigenvalue weighted by Gasteiger charge is 2.12. The Balaban J connectivity index is 2.53. The van der Waals surface area contributed by atoms with E-state index in [-0.39, 0.29) is 16.5 Å². The van der Waals surface area contributed by atoms with Crippen molar-refractivity contribution in [3.05, 3.63) is 35.8 Å². The van der Waals surface area contributed by atoms with Gasteiger partial charge in [-0.2, -0.15) is 8.78 Å². The van der Waals surface area contributed by atoms with E-state index in [1.165, 1.54) is 12.3 Å². The van der Waals surface area contributed by atoms with E-state index in [1.54, 1.807) is 0 Å². The third-order valence-electron chi connectivity index (χ3n) is 2.24. The first-order chi connectivity index (χ1) is 8.47. The number of ether oxygens (including phenoxy) is 1. The molecule has 2 N–H and O–H groups in total. The van der Waals surface area contributed by atoms with E-state index in [4.69, 9.17) is 5.73 Å². The van der Waals surface area contributed by atoms with Gasteiger partial charge in [-0.3, -0.25) is 9.78 Å². The minimum absolute atomic E-state index is 0.101. The monoisotopic (exact) mass is 256 g/mol. The van der Waals surface area contributed by atoms with E-state index in [2.05, 4.69) is 9.72 Å². The molecule has 2 aromatic rings. The Morgan fingerprint density at radius 1 is 1.33 bits per heavy atom. The second kappa shape index (κ2) is 4.52. The molecule has 0 fully saturated rings. The summed E-state index contributed by atoms with van der Waals surface area (Å²) in [4.78, 5) is 14.7. The van der Waals surface area contributed by atoms with Gasteiger partial charge in [0.05, 0.1) is 11.1 Å². The Hall–Kier alpha value is -2.31. The molecular formula is C11H7F3N2O2. The van der Waals surface area contributed by atoms with Crippen molar-refractivity contribution < 1.29 is 22.7 Å². The predicted octanol–water partition coefficient (Wildman–Crippen LogP) is 2.07. The van der Waals surface area contributed by atoms with Crippen LogP contribution in [0.2, 0.25) is 0 Å². The third-order valence-corrected chi connectivity index (χ3v) is 2.24. The number of alkyl halides is 2. The van der Waals surface area contributed by atoms with E-state index in [0.29, 0.717) is 0 Å². The van der Waals surface area contributed by atoms with Crippen LogP contribution < -0.4 is 10.5 Å². The summed E-state index contributed by atoms with van der Waals surface area (Å²) in [5.41, 5.74) is 5.36. The molecule has 2 rings (SSSR count). The number of pyridine rings is 1. The van der Waals surface area contributed by atoms with Crippen molar-refractivity contribution in [3.8, 4) is 5.75 Å². The lowest BCUT2D eigenvalue weighted by atomic mass is 10.1. The van der Waals surface area contributed by atoms with Crippen molar-refractivity contribution in [2.24, 2.45) is 5.73 Å². The van der Waals surface area contributed by atoms with Crippen LogP contribution in [0.5, 0.6) is 5.75 Å². The molecule has 0 bridgehead atoms. The van der Waals surface area contributed by atoms with E-state index >= 15 is 0 Å². The zero-order valence-electron chi connectivity index (χ0n) is 8.86. The fourth-order valence-corrected chi connectivity index (χ4v) is 1.45. The molecule has 0 aliphatic heterocycles. The highest BCUT2D eigenvalue weighted by atomic mass is 19.3. The van der Waals surface area contributed by atoms with Crippen molar-refractivity contribution in [2.75, 3.05) is 0 Å². The molecule has 18 heavy (non-hydrogen) atoms. The standard InChI is InChI=1S/C11H7F3N2O2/c12-7-2-5-1-6(10(15)17)4-16-8(5)3-9(7)18-11(13)14/h1-4,11H,(H2,15,17). The molecule has 0 aliphatic carbocycles. The van der Waals surface area contributed by atoms with Crippen LogP contribution in [0.15, 0.2) is 24.4 Å². The smallest absolute Gasteiger partial charge is 0.387 e. The number of carbonyl (C=O) groups excluding carboxylic acids is 1. The summed E-state index contributed by atoms with van der Waals surface area (Å²) in [6.45, 7) is -3.12. The van der Waals surface area contributed by atoms with E-state index in [0.717, 1.165) is 12.1 Å². The summed E-state index contributed by atoms with van der Waals surface area (Å²) in [6, 6.07) is 3.30. The number of nitrogens with two attached hydrogens (primary N) is 1. The van der Waals surface area contributed by atoms with Gasteiger partial charge in [0, 0.05) is 17.6 Å². The number of rotatable bonds is 3. The van der Waals surface area contributed by atoms with Crippen molar-refractivity contribution in [1.82, 2.24) is 4.98 Å². The summed E-state index contributed by atoms with van der Waals surface area (Å²) < 4.78 is 41.4. The quantitative estimate of drug-likeness (QED) is 0.914. The molecule has 1 aromatic heterocycles. The molecule has 94 valence electrons. The van der Waals surface area contributed by atoms with Gasteiger partial charge in [-0.25, -0.2) is 4.39 Å². The number of benzene rings is 1. The van der Waals surface area contributed by atoms with Crippen molar-refractivity contribution in [2.45, 2.75) is 6.61 Å². The summed E-state index contributed by atoms with van der Waals surface area (Å²) in [5.74, 6) is -2.28. The van der Waals surface area contributed by atoms with Gasteiger partial charge >= 0.3 is 6.61 Å². The average Bonchev–Trinajstić information content (AvgIpc) is 2.28. The Morgan fingerprint density at radius 2 is 2.06 bits per heavy atom. The second-order valence-corrected chi connectivity index (χ2v) is 3.44. The molecule has 0 saturated heterocycles. The Morgan fingerprint density at radius 3 is 2.67 bits per heavy atom. The molecule has 0 aliphatic rings. The molecule has 1 heterocycles. The molecule has 1 amide bonds. The first-order valence-electron chi connectivity index (χ1n) is 4.81. The largest absolute Gasteiger partial charge is 0.432 e. The molecule has 0 unspecified atom stereocenters. The number of hydrogen-bond donors (Lipinski definition) is 1. The number of aromatic nitrogens is 1. The van der Waals surface area contributed by atoms with Gasteiger partial charge in [0.2, 0.25) is 5.91 Å². The number of amides is 1. The van der Waals surface area contributed by atoms with Crippen molar-refractivity contribution in [1.29, 1.82) is 0 Å². The SMILES string of the molecule is NC(=O)c1cnc2cc(OC(F)F)c(F)cc2c1. The fraction of sp³-hybridized carbons (Fsp3) is 0.0909. The van der Waals surface area contributed by atoms with Gasteiger partial charge in [0.15, 0.2) is 11.6 Å². The maximum atomic E-state index is 13.4. The van der Waals surface area contributed by atoms with Crippen LogP contribution in [-0.2, 0) is 0 Å². The minimum Gasteiger partial charge on any atom is -0.432 e. The van der Waals surface area contributed by atoms with E-state index in [1.807, 2.05) is 0 Å². The lowest BCUT2D eigenvalue weighted by Crippen LogP contribution is -2.11. The molecular weight excluding hydrogens is 249 g/mol. The normalized spacial score (nSPS) is 10.9. The van der Waals surface area contributed by atoms with Crippen molar-refractivity contribution in [3.63, 3.8) is 0 Å². The predicted molar refractivity (Wildman–Crippen MR) is 56.9 cm³/mol. The topological polar surface area (TPSA) is 65.2 Å². The lowest BCUT2D eigenvalue weighted by molar-refractivity contribution is -0.0520. The maximum Gasteiger partial charge on any atom is 0.387 e. The zero-order chi connectivity index (χ0) is 13.3. The van der Waals surface area contributed by atoms with Gasteiger partial charge in [-0.15, -0.1) is 0 Å². The molecule has 1 aromatic carbocycles. The number of primary amides is 1. The van der Waals surface area contributed by atoms with Crippen LogP contribution >= 0.6 is 0 Å². The van der Waals surface area contributed by atoms with Crippen LogP contribution in [0.3, 0.4) is 0 Å². The Kier molecular flexibility index (Phi) is 3.05. The minimum atomic E-state index is -3.12. The maximum absolute atomic E-state index is 13.4. The number of carbonyl (C=O) groups is 1. The van der Waals surface area contributed by atoms with Gasteiger partial charge in [0.25, 0.3) is 0 Å². The van der Waals surface area contributed by atoms with Crippen LogP contribution in [-0.4, -0.2) is 17.5 Å². The highest BCUT2D eigenvalue weighted by Crippen LogP contribution is 2.25. The third kappa shape index (κ3) is 2.34. The van der Waals surface area contributed by atoms with Crippen LogP contribution in [0, 0.1) is 5.82 Å². The summed E-state index contributed by atoms with van der Waals surface area (Å²) in [5, 5.41) is 0.269. The van der Waals surface area contributed by atoms with Crippen molar-refractivity contribution >= 4 is 16.8 Å². The lowest BCUT2D eigenvalue weighted by Gasteiger charge is -2.07. The summed E-state index contributed by atoms with van der Waals surface area (Å²) >= 11 is 0. The van der Waals surface area contributed by atoms with Crippen LogP contribution in [0.25, 0.3) is 10.9 Å². The zero-order valence-corrected chi connectivity index (χ0v) is 8.86. The summed E-state index contributed by atoms with van der Waals surface area (Å²) in [7, 11) is 0. The van der Waals surface area contributed by atoms with Crippen LogP contribution in [0.4, 0.5) is 13.2 Å². The summed E-state index contributed by atoms with van der Waals surface area (Å²) in [6.07, 6.45) is 1.18. The second-order valence-electron chi connectivity index (χ2n) is 3.44. The van der Waals surface area contributed by atoms with Gasteiger partial charge in [-0.05, 0) is 12.1 Å². The molecule has 0 saturated carbocycles. The van der Waals surface area contributed by atoms with Gasteiger partial charge < -0.3 is 10.5 Å². The van der Waals surface area contributed by atoms with E-state index in [9.17, 15) is 18.0 Å². The Labute approximate surface area is 99.2 Å².